The van der Waals surface area contributed by atoms with Crippen molar-refractivity contribution in [2.75, 3.05) is 0 Å². The first-order chi connectivity index (χ1) is 9.17. The summed E-state index contributed by atoms with van der Waals surface area (Å²) in [5.41, 5.74) is 6.36. The van der Waals surface area contributed by atoms with Crippen molar-refractivity contribution in [3.63, 3.8) is 0 Å². The molecule has 2 atom stereocenters. The van der Waals surface area contributed by atoms with Gasteiger partial charge in [-0.2, -0.15) is 0 Å². The molecule has 0 spiro atoms. The summed E-state index contributed by atoms with van der Waals surface area (Å²) in [6.45, 7) is 4.31. The van der Waals surface area contributed by atoms with Crippen molar-refractivity contribution in [2.24, 2.45) is 5.73 Å². The Morgan fingerprint density at radius 3 is 2.79 bits per heavy atom. The van der Waals surface area contributed by atoms with Crippen molar-refractivity contribution in [1.82, 2.24) is 9.55 Å². The van der Waals surface area contributed by atoms with E-state index in [2.05, 4.69) is 57.7 Å². The topological polar surface area (TPSA) is 43.8 Å². The molecule has 0 bridgehead atoms. The van der Waals surface area contributed by atoms with E-state index in [-0.39, 0.29) is 12.1 Å². The molecule has 0 saturated carbocycles. The highest BCUT2D eigenvalue weighted by Gasteiger charge is 2.23. The predicted molar refractivity (Wildman–Crippen MR) is 84.6 cm³/mol. The van der Waals surface area contributed by atoms with Crippen LogP contribution >= 0.6 is 27.3 Å². The number of imidazole rings is 1. The van der Waals surface area contributed by atoms with Gasteiger partial charge in [-0.25, -0.2) is 4.98 Å². The molecule has 0 aliphatic rings. The minimum absolute atomic E-state index is 0.107. The first-order valence-electron chi connectivity index (χ1n) is 6.69. The normalized spacial score (nSPS) is 14.5. The lowest BCUT2D eigenvalue weighted by Gasteiger charge is -2.25. The van der Waals surface area contributed by atoms with Gasteiger partial charge in [-0.15, -0.1) is 11.3 Å². The lowest BCUT2D eigenvalue weighted by atomic mass is 10.0. The Hall–Kier alpha value is -0.650. The molecule has 2 heterocycles. The summed E-state index contributed by atoms with van der Waals surface area (Å²) in [6, 6.07) is 4.54. The zero-order valence-corrected chi connectivity index (χ0v) is 13.7. The minimum atomic E-state index is 0.107. The fraction of sp³-hybridized carbons (Fsp3) is 0.500. The average molecular weight is 342 g/mol. The van der Waals surface area contributed by atoms with E-state index < -0.39 is 0 Å². The Balaban J connectivity index is 2.40. The standard InChI is InChI=1S/C14H20BrN3S/c1-3-5-13-17-8-9-18(13)14(10(16)4-2)11-6-7-12(15)19-11/h6-10,14H,3-5,16H2,1-2H3. The number of thiophene rings is 1. The van der Waals surface area contributed by atoms with Crippen LogP contribution in [0.1, 0.15) is 43.4 Å². The Morgan fingerprint density at radius 2 is 2.21 bits per heavy atom. The van der Waals surface area contributed by atoms with Crippen LogP contribution in [0, 0.1) is 0 Å². The molecule has 19 heavy (non-hydrogen) atoms. The SMILES string of the molecule is CCCc1nccn1C(c1ccc(Br)s1)C(N)CC. The minimum Gasteiger partial charge on any atom is -0.326 e. The average Bonchev–Trinajstić information content (AvgIpc) is 3.01. The highest BCUT2D eigenvalue weighted by atomic mass is 79.9. The second-order valence-electron chi connectivity index (χ2n) is 4.66. The molecule has 2 rings (SSSR count). The molecule has 3 nitrogen and oxygen atoms in total. The van der Waals surface area contributed by atoms with E-state index in [1.165, 1.54) is 4.88 Å². The van der Waals surface area contributed by atoms with Gasteiger partial charge >= 0.3 is 0 Å². The molecule has 2 unspecified atom stereocenters. The van der Waals surface area contributed by atoms with Crippen LogP contribution < -0.4 is 5.73 Å². The molecule has 0 aliphatic carbocycles. The van der Waals surface area contributed by atoms with Crippen LogP contribution in [0.4, 0.5) is 0 Å². The predicted octanol–water partition coefficient (Wildman–Crippen LogP) is 3.99. The van der Waals surface area contributed by atoms with Crippen LogP contribution in [0.15, 0.2) is 28.3 Å². The number of rotatable bonds is 6. The molecule has 0 radical (unpaired) electrons. The summed E-state index contributed by atoms with van der Waals surface area (Å²) in [5, 5.41) is 0. The van der Waals surface area contributed by atoms with Crippen molar-refractivity contribution < 1.29 is 0 Å². The van der Waals surface area contributed by atoms with Gasteiger partial charge in [0.1, 0.15) is 5.82 Å². The van der Waals surface area contributed by atoms with Crippen molar-refractivity contribution in [3.8, 4) is 0 Å². The second kappa shape index (κ2) is 6.68. The number of hydrogen-bond donors (Lipinski definition) is 1. The van der Waals surface area contributed by atoms with E-state index in [1.54, 1.807) is 11.3 Å². The summed E-state index contributed by atoms with van der Waals surface area (Å²) in [7, 11) is 0. The van der Waals surface area contributed by atoms with Gasteiger partial charge in [0.25, 0.3) is 0 Å². The molecule has 104 valence electrons. The monoisotopic (exact) mass is 341 g/mol. The quantitative estimate of drug-likeness (QED) is 0.863. The third-order valence-corrected chi connectivity index (χ3v) is 4.98. The fourth-order valence-electron chi connectivity index (χ4n) is 2.28. The van der Waals surface area contributed by atoms with Crippen molar-refractivity contribution in [1.29, 1.82) is 0 Å². The zero-order valence-electron chi connectivity index (χ0n) is 11.3. The van der Waals surface area contributed by atoms with Gasteiger partial charge in [0, 0.05) is 29.7 Å². The fourth-order valence-corrected chi connectivity index (χ4v) is 3.88. The molecule has 0 amide bonds. The van der Waals surface area contributed by atoms with E-state index >= 15 is 0 Å². The molecule has 2 N–H and O–H groups in total. The molecule has 0 aromatic carbocycles. The molecule has 0 aliphatic heterocycles. The Labute approximate surface area is 127 Å². The largest absolute Gasteiger partial charge is 0.326 e. The van der Waals surface area contributed by atoms with E-state index in [1.807, 2.05) is 6.20 Å². The van der Waals surface area contributed by atoms with Gasteiger partial charge < -0.3 is 10.3 Å². The summed E-state index contributed by atoms with van der Waals surface area (Å²) in [6.07, 6.45) is 6.97. The molecular weight excluding hydrogens is 322 g/mol. The number of aromatic nitrogens is 2. The molecule has 5 heteroatoms. The van der Waals surface area contributed by atoms with Gasteiger partial charge in [-0.05, 0) is 40.9 Å². The van der Waals surface area contributed by atoms with Crippen LogP contribution in [0.5, 0.6) is 0 Å². The van der Waals surface area contributed by atoms with E-state index in [9.17, 15) is 0 Å². The Morgan fingerprint density at radius 1 is 1.42 bits per heavy atom. The van der Waals surface area contributed by atoms with Gasteiger partial charge in [0.05, 0.1) is 9.83 Å². The summed E-state index contributed by atoms with van der Waals surface area (Å²) < 4.78 is 3.39. The number of aryl methyl sites for hydroxylation is 1. The number of nitrogens with zero attached hydrogens (tertiary/aromatic N) is 2. The van der Waals surface area contributed by atoms with Crippen LogP contribution in [0.25, 0.3) is 0 Å². The molecule has 0 saturated heterocycles. The number of hydrogen-bond acceptors (Lipinski definition) is 3. The third kappa shape index (κ3) is 3.27. The highest BCUT2D eigenvalue weighted by Crippen LogP contribution is 2.32. The molecule has 2 aromatic rings. The summed E-state index contributed by atoms with van der Waals surface area (Å²) in [5.74, 6) is 1.13. The lowest BCUT2D eigenvalue weighted by Crippen LogP contribution is -2.32. The maximum atomic E-state index is 6.36. The van der Waals surface area contributed by atoms with E-state index in [0.29, 0.717) is 0 Å². The summed E-state index contributed by atoms with van der Waals surface area (Å²) >= 11 is 5.29. The summed E-state index contributed by atoms with van der Waals surface area (Å²) in [4.78, 5) is 5.76. The molecular formula is C14H20BrN3S. The van der Waals surface area contributed by atoms with Crippen molar-refractivity contribution in [2.45, 2.75) is 45.2 Å². The Bertz CT molecular complexity index is 520. The Kier molecular flexibility index (Phi) is 5.19. The van der Waals surface area contributed by atoms with E-state index in [4.69, 9.17) is 5.73 Å². The zero-order chi connectivity index (χ0) is 13.8. The lowest BCUT2D eigenvalue weighted by molar-refractivity contribution is 0.451. The maximum Gasteiger partial charge on any atom is 0.109 e. The van der Waals surface area contributed by atoms with Crippen LogP contribution in [0.2, 0.25) is 0 Å². The van der Waals surface area contributed by atoms with Gasteiger partial charge in [-0.3, -0.25) is 0 Å². The molecule has 0 fully saturated rings. The third-order valence-electron chi connectivity index (χ3n) is 3.28. The number of nitrogens with two attached hydrogens (primary N) is 1. The van der Waals surface area contributed by atoms with Crippen LogP contribution in [-0.4, -0.2) is 15.6 Å². The number of halogens is 1. The highest BCUT2D eigenvalue weighted by molar-refractivity contribution is 9.11. The smallest absolute Gasteiger partial charge is 0.109 e. The first-order valence-corrected chi connectivity index (χ1v) is 8.30. The van der Waals surface area contributed by atoms with Gasteiger partial charge in [0.15, 0.2) is 0 Å². The molecule has 2 aromatic heterocycles. The van der Waals surface area contributed by atoms with E-state index in [0.717, 1.165) is 28.9 Å². The first kappa shape index (κ1) is 14.8. The van der Waals surface area contributed by atoms with Crippen LogP contribution in [0.3, 0.4) is 0 Å². The van der Waals surface area contributed by atoms with Crippen LogP contribution in [-0.2, 0) is 6.42 Å². The van der Waals surface area contributed by atoms with Crippen molar-refractivity contribution >= 4 is 27.3 Å². The maximum absolute atomic E-state index is 6.36. The van der Waals surface area contributed by atoms with Gasteiger partial charge in [0.2, 0.25) is 0 Å². The van der Waals surface area contributed by atoms with Gasteiger partial charge in [-0.1, -0.05) is 13.8 Å². The second-order valence-corrected chi connectivity index (χ2v) is 7.15. The van der Waals surface area contributed by atoms with Crippen molar-refractivity contribution in [3.05, 3.63) is 39.0 Å².